The van der Waals surface area contributed by atoms with Gasteiger partial charge in [-0.25, -0.2) is 0 Å². The molecule has 0 spiro atoms. The number of hydrogen-bond donors (Lipinski definition) is 2. The molecular weight excluding hydrogens is 508 g/mol. The molecule has 0 bridgehead atoms. The van der Waals surface area contributed by atoms with Crippen molar-refractivity contribution in [1.82, 2.24) is 10.2 Å². The van der Waals surface area contributed by atoms with E-state index < -0.39 is 0 Å². The number of carbonyl (C=O) groups is 2. The molecule has 6 rings (SSSR count). The van der Waals surface area contributed by atoms with Crippen molar-refractivity contribution in [3.05, 3.63) is 108 Å². The number of nitrogens with zero attached hydrogens (tertiary/aromatic N) is 2. The van der Waals surface area contributed by atoms with Crippen LogP contribution in [0.3, 0.4) is 0 Å². The van der Waals surface area contributed by atoms with Crippen LogP contribution in [0.25, 0.3) is 10.8 Å². The Morgan fingerprint density at radius 2 is 1.44 bits per heavy atom. The van der Waals surface area contributed by atoms with Crippen LogP contribution in [0.4, 0.5) is 11.4 Å². The Balaban J connectivity index is 1.22. The molecule has 210 valence electrons. The van der Waals surface area contributed by atoms with E-state index in [0.717, 1.165) is 74.9 Å². The van der Waals surface area contributed by atoms with Gasteiger partial charge < -0.3 is 15.5 Å². The second-order valence-corrected chi connectivity index (χ2v) is 11.3. The van der Waals surface area contributed by atoms with Gasteiger partial charge >= 0.3 is 0 Å². The Morgan fingerprint density at radius 3 is 2.24 bits per heavy atom. The average Bonchev–Trinajstić information content (AvgIpc) is 3.02. The van der Waals surface area contributed by atoms with Gasteiger partial charge in [-0.1, -0.05) is 86.0 Å². The van der Waals surface area contributed by atoms with Crippen LogP contribution in [-0.4, -0.2) is 48.9 Å². The maximum Gasteiger partial charge on any atom is 0.256 e. The quantitative estimate of drug-likeness (QED) is 0.279. The fourth-order valence-corrected chi connectivity index (χ4v) is 6.19. The number of hydrogen-bond acceptors (Lipinski definition) is 4. The minimum atomic E-state index is -0.178. The predicted molar refractivity (Wildman–Crippen MR) is 167 cm³/mol. The SMILES string of the molecule is O=C(NC1CCCCC1)c1cc(NC(=O)c2cccc3ccccc23)ccc1N1CCN(Cc2ccccc2)CC1. The van der Waals surface area contributed by atoms with Crippen molar-refractivity contribution < 1.29 is 9.59 Å². The van der Waals surface area contributed by atoms with Gasteiger partial charge in [0, 0.05) is 55.7 Å². The maximum absolute atomic E-state index is 13.7. The Bertz CT molecular complexity index is 1500. The van der Waals surface area contributed by atoms with E-state index in [1.165, 1.54) is 12.0 Å². The fourth-order valence-electron chi connectivity index (χ4n) is 6.19. The summed E-state index contributed by atoms with van der Waals surface area (Å²) in [5, 5.41) is 8.30. The Kier molecular flexibility index (Phi) is 8.28. The highest BCUT2D eigenvalue weighted by molar-refractivity contribution is 6.13. The van der Waals surface area contributed by atoms with Crippen molar-refractivity contribution in [3.63, 3.8) is 0 Å². The van der Waals surface area contributed by atoms with Crippen molar-refractivity contribution in [1.29, 1.82) is 0 Å². The highest BCUT2D eigenvalue weighted by Gasteiger charge is 2.24. The van der Waals surface area contributed by atoms with Crippen molar-refractivity contribution in [2.24, 2.45) is 0 Å². The van der Waals surface area contributed by atoms with Crippen molar-refractivity contribution in [3.8, 4) is 0 Å². The molecule has 4 aromatic rings. The summed E-state index contributed by atoms with van der Waals surface area (Å²) in [7, 11) is 0. The summed E-state index contributed by atoms with van der Waals surface area (Å²) < 4.78 is 0. The molecular formula is C35H38N4O2. The summed E-state index contributed by atoms with van der Waals surface area (Å²) in [5.41, 5.74) is 4.13. The van der Waals surface area contributed by atoms with Gasteiger partial charge in [0.15, 0.2) is 0 Å². The van der Waals surface area contributed by atoms with Crippen LogP contribution in [-0.2, 0) is 6.54 Å². The first-order chi connectivity index (χ1) is 20.1. The zero-order valence-corrected chi connectivity index (χ0v) is 23.5. The van der Waals surface area contributed by atoms with Crippen LogP contribution in [0.1, 0.15) is 58.4 Å². The molecule has 2 aliphatic rings. The molecule has 2 N–H and O–H groups in total. The lowest BCUT2D eigenvalue weighted by Gasteiger charge is -2.37. The van der Waals surface area contributed by atoms with Crippen LogP contribution < -0.4 is 15.5 Å². The van der Waals surface area contributed by atoms with Crippen LogP contribution in [0.2, 0.25) is 0 Å². The lowest BCUT2D eigenvalue weighted by atomic mass is 9.95. The third kappa shape index (κ3) is 6.44. The molecule has 0 unspecified atom stereocenters. The van der Waals surface area contributed by atoms with Gasteiger partial charge in [0.2, 0.25) is 0 Å². The molecule has 1 aliphatic heterocycles. The molecule has 2 amide bonds. The van der Waals surface area contributed by atoms with Gasteiger partial charge in [-0.05, 0) is 53.4 Å². The summed E-state index contributed by atoms with van der Waals surface area (Å²) in [5.74, 6) is -0.234. The van der Waals surface area contributed by atoms with Gasteiger partial charge in [-0.2, -0.15) is 0 Å². The molecule has 0 aromatic heterocycles. The molecule has 4 aromatic carbocycles. The monoisotopic (exact) mass is 546 g/mol. The second kappa shape index (κ2) is 12.6. The number of piperazine rings is 1. The van der Waals surface area contributed by atoms with Crippen LogP contribution in [0.5, 0.6) is 0 Å². The summed E-state index contributed by atoms with van der Waals surface area (Å²) in [6, 6.07) is 30.2. The fraction of sp³-hybridized carbons (Fsp3) is 0.314. The minimum Gasteiger partial charge on any atom is -0.368 e. The zero-order valence-electron chi connectivity index (χ0n) is 23.5. The first-order valence-corrected chi connectivity index (χ1v) is 14.9. The lowest BCUT2D eigenvalue weighted by molar-refractivity contribution is 0.0927. The van der Waals surface area contributed by atoms with E-state index in [9.17, 15) is 9.59 Å². The van der Waals surface area contributed by atoms with E-state index in [0.29, 0.717) is 16.8 Å². The number of fused-ring (bicyclic) bond motifs is 1. The number of anilines is 2. The van der Waals surface area contributed by atoms with Crippen molar-refractivity contribution >= 4 is 34.0 Å². The summed E-state index contributed by atoms with van der Waals surface area (Å²) in [6.07, 6.45) is 5.60. The van der Waals surface area contributed by atoms with Crippen LogP contribution in [0.15, 0.2) is 91.0 Å². The number of benzene rings is 4. The van der Waals surface area contributed by atoms with Gasteiger partial charge in [0.25, 0.3) is 11.8 Å². The standard InChI is InChI=1S/C35H38N4O2/c40-34(31-17-9-13-27-12-7-8-16-30(27)31)37-29-18-19-33(32(24-29)35(41)36-28-14-5-2-6-15-28)39-22-20-38(21-23-39)25-26-10-3-1-4-11-26/h1,3-4,7-13,16-19,24,28H,2,5-6,14-15,20-23,25H2,(H,36,41)(H,37,40). The van der Waals surface area contributed by atoms with Gasteiger partial charge in [-0.3, -0.25) is 14.5 Å². The Hall–Kier alpha value is -4.16. The third-order valence-corrected chi connectivity index (χ3v) is 8.44. The number of nitrogens with one attached hydrogen (secondary N) is 2. The molecule has 1 heterocycles. The molecule has 1 saturated carbocycles. The van der Waals surface area contributed by atoms with Gasteiger partial charge in [-0.15, -0.1) is 0 Å². The predicted octanol–water partition coefficient (Wildman–Crippen LogP) is 6.48. The number of amides is 2. The smallest absolute Gasteiger partial charge is 0.256 e. The normalized spacial score (nSPS) is 16.4. The second-order valence-electron chi connectivity index (χ2n) is 11.3. The number of rotatable bonds is 7. The van der Waals surface area contributed by atoms with E-state index in [2.05, 4.69) is 50.8 Å². The maximum atomic E-state index is 13.7. The lowest BCUT2D eigenvalue weighted by Crippen LogP contribution is -2.46. The molecule has 1 saturated heterocycles. The van der Waals surface area contributed by atoms with E-state index in [-0.39, 0.29) is 17.9 Å². The van der Waals surface area contributed by atoms with E-state index >= 15 is 0 Å². The Morgan fingerprint density at radius 1 is 0.707 bits per heavy atom. The van der Waals surface area contributed by atoms with Crippen molar-refractivity contribution in [2.45, 2.75) is 44.7 Å². The summed E-state index contributed by atoms with van der Waals surface area (Å²) >= 11 is 0. The minimum absolute atomic E-state index is 0.0557. The van der Waals surface area contributed by atoms with E-state index in [1.807, 2.05) is 60.7 Å². The van der Waals surface area contributed by atoms with Gasteiger partial charge in [0.05, 0.1) is 5.56 Å². The molecule has 2 fully saturated rings. The first-order valence-electron chi connectivity index (χ1n) is 14.9. The molecule has 41 heavy (non-hydrogen) atoms. The molecule has 0 radical (unpaired) electrons. The van der Waals surface area contributed by atoms with Crippen LogP contribution in [0, 0.1) is 0 Å². The average molecular weight is 547 g/mol. The highest BCUT2D eigenvalue weighted by atomic mass is 16.2. The summed E-state index contributed by atoms with van der Waals surface area (Å²) in [6.45, 7) is 4.48. The third-order valence-electron chi connectivity index (χ3n) is 8.44. The van der Waals surface area contributed by atoms with Crippen molar-refractivity contribution in [2.75, 3.05) is 36.4 Å². The zero-order chi connectivity index (χ0) is 28.0. The summed E-state index contributed by atoms with van der Waals surface area (Å²) in [4.78, 5) is 31.9. The molecule has 1 aliphatic carbocycles. The largest absolute Gasteiger partial charge is 0.368 e. The molecule has 6 heteroatoms. The topological polar surface area (TPSA) is 64.7 Å². The van der Waals surface area contributed by atoms with E-state index in [1.54, 1.807) is 0 Å². The van der Waals surface area contributed by atoms with Crippen LogP contribution >= 0.6 is 0 Å². The molecule has 6 nitrogen and oxygen atoms in total. The van der Waals surface area contributed by atoms with E-state index in [4.69, 9.17) is 0 Å². The van der Waals surface area contributed by atoms with Gasteiger partial charge in [0.1, 0.15) is 0 Å². The molecule has 0 atom stereocenters. The Labute approximate surface area is 242 Å². The number of carbonyl (C=O) groups excluding carboxylic acids is 2. The highest BCUT2D eigenvalue weighted by Crippen LogP contribution is 2.28. The first kappa shape index (κ1) is 27.0.